The molecule has 47 heavy (non-hydrogen) atoms. The lowest BCUT2D eigenvalue weighted by Crippen LogP contribution is -2.53. The number of sulfonamides is 1. The Labute approximate surface area is 286 Å². The average Bonchev–Trinajstić information content (AvgIpc) is 3.06. The minimum absolute atomic E-state index is 0.0195. The lowest BCUT2D eigenvalue weighted by molar-refractivity contribution is -0.140. The van der Waals surface area contributed by atoms with E-state index in [0.29, 0.717) is 24.6 Å². The molecule has 0 bridgehead atoms. The molecule has 0 heterocycles. The van der Waals surface area contributed by atoms with Crippen molar-refractivity contribution in [2.75, 3.05) is 24.0 Å². The van der Waals surface area contributed by atoms with Gasteiger partial charge >= 0.3 is 0 Å². The van der Waals surface area contributed by atoms with Crippen molar-refractivity contribution in [3.05, 3.63) is 124 Å². The normalized spacial score (nSPS) is 11.8. The van der Waals surface area contributed by atoms with Crippen LogP contribution in [0.25, 0.3) is 0 Å². The number of rotatable bonds is 16. The summed E-state index contributed by atoms with van der Waals surface area (Å²) in [5.41, 5.74) is 2.96. The number of nitrogens with zero attached hydrogens (tertiary/aromatic N) is 2. The number of unbranched alkanes of at least 4 members (excludes halogenated alkanes) is 1. The molecule has 0 saturated heterocycles. The molecule has 1 atom stereocenters. The largest absolute Gasteiger partial charge is 0.494 e. The molecule has 0 aromatic heterocycles. The van der Waals surface area contributed by atoms with Gasteiger partial charge in [-0.05, 0) is 79.9 Å². The zero-order valence-electron chi connectivity index (χ0n) is 27.1. The van der Waals surface area contributed by atoms with Gasteiger partial charge in [-0.3, -0.25) is 13.9 Å². The van der Waals surface area contributed by atoms with E-state index in [1.807, 2.05) is 75.4 Å². The highest BCUT2D eigenvalue weighted by atomic mass is 79.9. The Hall–Kier alpha value is -4.15. The molecular formula is C37H42BrN3O5S. The second kappa shape index (κ2) is 17.1. The fourth-order valence-electron chi connectivity index (χ4n) is 5.13. The van der Waals surface area contributed by atoms with Gasteiger partial charge < -0.3 is 15.0 Å². The van der Waals surface area contributed by atoms with Gasteiger partial charge in [0.2, 0.25) is 11.8 Å². The predicted octanol–water partition coefficient (Wildman–Crippen LogP) is 6.91. The summed E-state index contributed by atoms with van der Waals surface area (Å²) in [6.45, 7) is 6.31. The third-order valence-electron chi connectivity index (χ3n) is 7.67. The fraction of sp³-hybridized carbons (Fsp3) is 0.297. The first kappa shape index (κ1) is 35.7. The van der Waals surface area contributed by atoms with Crippen LogP contribution in [0.3, 0.4) is 0 Å². The standard InChI is InChI=1S/C37H42BrN3O5S/c1-4-6-23-39-37(43)35(25-29-11-8-7-9-12-29)40(26-30-13-10-14-31(38)24-30)36(42)27-41(32-17-15-28(3)16-18-32)47(44,45)34-21-19-33(20-22-34)46-5-2/h7-22,24,35H,4-6,23,25-27H2,1-3H3,(H,39,43). The number of hydrogen-bond acceptors (Lipinski definition) is 5. The van der Waals surface area contributed by atoms with Crippen LogP contribution >= 0.6 is 15.9 Å². The van der Waals surface area contributed by atoms with Gasteiger partial charge in [0.15, 0.2) is 0 Å². The van der Waals surface area contributed by atoms with Gasteiger partial charge in [0.05, 0.1) is 17.2 Å². The van der Waals surface area contributed by atoms with E-state index >= 15 is 0 Å². The third-order valence-corrected chi connectivity index (χ3v) is 9.95. The maximum atomic E-state index is 14.6. The van der Waals surface area contributed by atoms with Gasteiger partial charge in [0.1, 0.15) is 18.3 Å². The van der Waals surface area contributed by atoms with Crippen molar-refractivity contribution in [2.24, 2.45) is 0 Å². The van der Waals surface area contributed by atoms with Crippen molar-refractivity contribution >= 4 is 43.5 Å². The van der Waals surface area contributed by atoms with Gasteiger partial charge in [0, 0.05) is 24.0 Å². The van der Waals surface area contributed by atoms with Crippen LogP contribution in [-0.4, -0.2) is 50.9 Å². The smallest absolute Gasteiger partial charge is 0.264 e. The molecule has 10 heteroatoms. The SMILES string of the molecule is CCCCNC(=O)C(Cc1ccccc1)N(Cc1cccc(Br)c1)C(=O)CN(c1ccc(C)cc1)S(=O)(=O)c1ccc(OCC)cc1. The summed E-state index contributed by atoms with van der Waals surface area (Å²) in [6, 6.07) is 29.3. The Kier molecular flexibility index (Phi) is 13.0. The molecule has 0 spiro atoms. The second-order valence-corrected chi connectivity index (χ2v) is 14.0. The van der Waals surface area contributed by atoms with Crippen LogP contribution in [0.5, 0.6) is 5.75 Å². The topological polar surface area (TPSA) is 96.0 Å². The van der Waals surface area contributed by atoms with E-state index in [1.165, 1.54) is 17.0 Å². The van der Waals surface area contributed by atoms with E-state index in [0.717, 1.165) is 38.3 Å². The average molecular weight is 721 g/mol. The van der Waals surface area contributed by atoms with Crippen LogP contribution < -0.4 is 14.4 Å². The molecular weight excluding hydrogens is 678 g/mol. The van der Waals surface area contributed by atoms with Crippen LogP contribution in [0.2, 0.25) is 0 Å². The Morgan fingerprint density at radius 3 is 2.19 bits per heavy atom. The van der Waals surface area contributed by atoms with Crippen molar-refractivity contribution in [2.45, 2.75) is 57.5 Å². The number of nitrogens with one attached hydrogen (secondary N) is 1. The lowest BCUT2D eigenvalue weighted by Gasteiger charge is -2.34. The molecule has 248 valence electrons. The number of carbonyl (C=O) groups is 2. The summed E-state index contributed by atoms with van der Waals surface area (Å²) >= 11 is 3.52. The summed E-state index contributed by atoms with van der Waals surface area (Å²) in [5.74, 6) is -0.254. The highest BCUT2D eigenvalue weighted by Crippen LogP contribution is 2.27. The van der Waals surface area contributed by atoms with Crippen molar-refractivity contribution in [1.82, 2.24) is 10.2 Å². The van der Waals surface area contributed by atoms with Gasteiger partial charge in [-0.25, -0.2) is 8.42 Å². The molecule has 4 aromatic rings. The number of ether oxygens (including phenoxy) is 1. The van der Waals surface area contributed by atoms with Crippen LogP contribution in [0.4, 0.5) is 5.69 Å². The molecule has 2 amide bonds. The Balaban J connectivity index is 1.78. The third kappa shape index (κ3) is 9.92. The quantitative estimate of drug-likeness (QED) is 0.127. The minimum atomic E-state index is -4.21. The molecule has 0 aliphatic heterocycles. The lowest BCUT2D eigenvalue weighted by atomic mass is 10.0. The Bertz CT molecular complexity index is 1720. The molecule has 4 rings (SSSR count). The highest BCUT2D eigenvalue weighted by Gasteiger charge is 2.34. The fourth-order valence-corrected chi connectivity index (χ4v) is 6.99. The second-order valence-electron chi connectivity index (χ2n) is 11.3. The number of amides is 2. The zero-order chi connectivity index (χ0) is 33.8. The van der Waals surface area contributed by atoms with Gasteiger partial charge in [-0.15, -0.1) is 0 Å². The molecule has 0 aliphatic carbocycles. The van der Waals surface area contributed by atoms with Crippen molar-refractivity contribution in [3.63, 3.8) is 0 Å². The predicted molar refractivity (Wildman–Crippen MR) is 190 cm³/mol. The molecule has 0 aliphatic rings. The number of benzene rings is 4. The van der Waals surface area contributed by atoms with E-state index < -0.39 is 28.5 Å². The first-order valence-electron chi connectivity index (χ1n) is 15.8. The van der Waals surface area contributed by atoms with Gasteiger partial charge in [-0.2, -0.15) is 0 Å². The summed E-state index contributed by atoms with van der Waals surface area (Å²) < 4.78 is 36.0. The number of carbonyl (C=O) groups excluding carboxylic acids is 2. The van der Waals surface area contributed by atoms with Gasteiger partial charge in [-0.1, -0.05) is 89.4 Å². The molecule has 0 radical (unpaired) electrons. The van der Waals surface area contributed by atoms with Gasteiger partial charge in [0.25, 0.3) is 10.0 Å². The van der Waals surface area contributed by atoms with Crippen molar-refractivity contribution in [3.8, 4) is 5.75 Å². The molecule has 0 saturated carbocycles. The number of anilines is 1. The van der Waals surface area contributed by atoms with Crippen LogP contribution in [-0.2, 0) is 32.6 Å². The van der Waals surface area contributed by atoms with E-state index in [4.69, 9.17) is 4.74 Å². The van der Waals surface area contributed by atoms with E-state index in [2.05, 4.69) is 21.2 Å². The Morgan fingerprint density at radius 2 is 1.55 bits per heavy atom. The zero-order valence-corrected chi connectivity index (χ0v) is 29.5. The highest BCUT2D eigenvalue weighted by molar-refractivity contribution is 9.10. The molecule has 1 N–H and O–H groups in total. The summed E-state index contributed by atoms with van der Waals surface area (Å²) in [4.78, 5) is 30.0. The van der Waals surface area contributed by atoms with Crippen molar-refractivity contribution < 1.29 is 22.7 Å². The van der Waals surface area contributed by atoms with E-state index in [-0.39, 0.29) is 23.8 Å². The van der Waals surface area contributed by atoms with Crippen LogP contribution in [0.15, 0.2) is 112 Å². The first-order chi connectivity index (χ1) is 22.6. The number of hydrogen-bond donors (Lipinski definition) is 1. The van der Waals surface area contributed by atoms with Crippen molar-refractivity contribution in [1.29, 1.82) is 0 Å². The maximum absolute atomic E-state index is 14.6. The summed E-state index contributed by atoms with van der Waals surface area (Å²) in [7, 11) is -4.21. The van der Waals surface area contributed by atoms with Crippen LogP contribution in [0, 0.1) is 6.92 Å². The van der Waals surface area contributed by atoms with E-state index in [9.17, 15) is 18.0 Å². The van der Waals surface area contributed by atoms with E-state index in [1.54, 1.807) is 36.4 Å². The minimum Gasteiger partial charge on any atom is -0.494 e. The van der Waals surface area contributed by atoms with Crippen LogP contribution in [0.1, 0.15) is 43.4 Å². The molecule has 8 nitrogen and oxygen atoms in total. The number of halogens is 1. The summed E-state index contributed by atoms with van der Waals surface area (Å²) in [5, 5.41) is 3.01. The molecule has 0 fully saturated rings. The number of aryl methyl sites for hydroxylation is 1. The Morgan fingerprint density at radius 1 is 0.872 bits per heavy atom. The first-order valence-corrected chi connectivity index (χ1v) is 18.0. The monoisotopic (exact) mass is 719 g/mol. The molecule has 4 aromatic carbocycles. The summed E-state index contributed by atoms with van der Waals surface area (Å²) in [6.07, 6.45) is 1.96. The maximum Gasteiger partial charge on any atom is 0.264 e. The molecule has 1 unspecified atom stereocenters.